The highest BCUT2D eigenvalue weighted by Crippen LogP contribution is 2.29. The maximum absolute atomic E-state index is 13.2. The smallest absolute Gasteiger partial charge is 0.261 e. The summed E-state index contributed by atoms with van der Waals surface area (Å²) < 4.78 is 26.0. The van der Waals surface area contributed by atoms with E-state index in [0.717, 1.165) is 22.6 Å². The first-order chi connectivity index (χ1) is 11.5. The van der Waals surface area contributed by atoms with E-state index in [1.807, 2.05) is 24.3 Å². The molecule has 3 rings (SSSR count). The highest BCUT2D eigenvalue weighted by Gasteiger charge is 2.11. The van der Waals surface area contributed by atoms with Gasteiger partial charge < -0.3 is 5.32 Å². The molecular formula is C18H12ClF2NOS. The first-order valence-electron chi connectivity index (χ1n) is 7.11. The molecule has 1 N–H and O–H groups in total. The van der Waals surface area contributed by atoms with Gasteiger partial charge in [-0.1, -0.05) is 29.8 Å². The van der Waals surface area contributed by atoms with Crippen LogP contribution in [0, 0.1) is 11.6 Å². The minimum absolute atomic E-state index is 0.125. The van der Waals surface area contributed by atoms with Crippen molar-refractivity contribution < 1.29 is 13.6 Å². The third-order valence-corrected chi connectivity index (χ3v) is 4.74. The van der Waals surface area contributed by atoms with Gasteiger partial charge in [-0.05, 0) is 47.5 Å². The fraction of sp³-hybridized carbons (Fsp3) is 0.0556. The van der Waals surface area contributed by atoms with E-state index in [0.29, 0.717) is 15.5 Å². The molecule has 0 bridgehead atoms. The molecule has 1 amide bonds. The first kappa shape index (κ1) is 16.6. The van der Waals surface area contributed by atoms with E-state index in [4.69, 9.17) is 11.6 Å². The van der Waals surface area contributed by atoms with Crippen molar-refractivity contribution in [1.29, 1.82) is 0 Å². The van der Waals surface area contributed by atoms with Gasteiger partial charge in [-0.2, -0.15) is 0 Å². The molecule has 0 aliphatic carbocycles. The van der Waals surface area contributed by atoms with Gasteiger partial charge in [0.15, 0.2) is 11.6 Å². The number of carbonyl (C=O) groups excluding carboxylic acids is 1. The Hall–Kier alpha value is -2.24. The van der Waals surface area contributed by atoms with Crippen LogP contribution in [0.4, 0.5) is 8.78 Å². The van der Waals surface area contributed by atoms with E-state index < -0.39 is 11.6 Å². The molecule has 0 atom stereocenters. The van der Waals surface area contributed by atoms with Gasteiger partial charge in [-0.3, -0.25) is 4.79 Å². The minimum atomic E-state index is -0.930. The van der Waals surface area contributed by atoms with Crippen molar-refractivity contribution in [2.45, 2.75) is 6.54 Å². The molecule has 0 unspecified atom stereocenters. The highest BCUT2D eigenvalue weighted by atomic mass is 35.5. The van der Waals surface area contributed by atoms with E-state index in [9.17, 15) is 13.6 Å². The third-order valence-electron chi connectivity index (χ3n) is 3.38. The second-order valence-corrected chi connectivity index (χ2v) is 6.63. The minimum Gasteiger partial charge on any atom is -0.347 e. The van der Waals surface area contributed by atoms with Crippen LogP contribution >= 0.6 is 22.9 Å². The normalized spacial score (nSPS) is 10.6. The lowest BCUT2D eigenvalue weighted by atomic mass is 10.2. The lowest BCUT2D eigenvalue weighted by Gasteiger charge is -2.04. The molecule has 0 aliphatic heterocycles. The molecule has 122 valence electrons. The fourth-order valence-corrected chi connectivity index (χ4v) is 3.28. The Labute approximate surface area is 146 Å². The van der Waals surface area contributed by atoms with Crippen molar-refractivity contribution in [3.05, 3.63) is 81.7 Å². The van der Waals surface area contributed by atoms with Gasteiger partial charge in [-0.25, -0.2) is 8.78 Å². The molecule has 0 saturated heterocycles. The Morgan fingerprint density at radius 2 is 1.88 bits per heavy atom. The van der Waals surface area contributed by atoms with Crippen LogP contribution in [0.1, 0.15) is 15.2 Å². The summed E-state index contributed by atoms with van der Waals surface area (Å²) in [4.78, 5) is 13.6. The summed E-state index contributed by atoms with van der Waals surface area (Å²) in [5, 5.41) is 3.32. The van der Waals surface area contributed by atoms with Gasteiger partial charge in [0, 0.05) is 16.4 Å². The van der Waals surface area contributed by atoms with Crippen LogP contribution in [0.15, 0.2) is 54.6 Å². The summed E-state index contributed by atoms with van der Waals surface area (Å²) in [5.74, 6) is -2.10. The lowest BCUT2D eigenvalue weighted by molar-refractivity contribution is 0.0955. The molecule has 0 spiro atoms. The standard InChI is InChI=1S/C18H12ClF2NOS/c19-13-3-1-2-12(9-13)16-6-7-17(24-16)18(23)22-10-11-4-5-14(20)15(21)8-11/h1-9H,10H2,(H,22,23). The number of carbonyl (C=O) groups is 1. The number of rotatable bonds is 4. The predicted octanol–water partition coefficient (Wildman–Crippen LogP) is 5.28. The maximum Gasteiger partial charge on any atom is 0.261 e. The van der Waals surface area contributed by atoms with E-state index >= 15 is 0 Å². The summed E-state index contributed by atoms with van der Waals surface area (Å²) in [7, 11) is 0. The van der Waals surface area contributed by atoms with E-state index in [2.05, 4.69) is 5.32 Å². The van der Waals surface area contributed by atoms with E-state index in [-0.39, 0.29) is 12.5 Å². The second kappa shape index (κ2) is 7.11. The van der Waals surface area contributed by atoms with Crippen molar-refractivity contribution in [2.24, 2.45) is 0 Å². The van der Waals surface area contributed by atoms with Crippen molar-refractivity contribution in [3.8, 4) is 10.4 Å². The molecule has 1 aromatic heterocycles. The molecule has 6 heteroatoms. The van der Waals surface area contributed by atoms with Crippen molar-refractivity contribution in [1.82, 2.24) is 5.32 Å². The van der Waals surface area contributed by atoms with E-state index in [1.54, 1.807) is 12.1 Å². The number of nitrogens with one attached hydrogen (secondary N) is 1. The van der Waals surface area contributed by atoms with Crippen molar-refractivity contribution in [3.63, 3.8) is 0 Å². The van der Waals surface area contributed by atoms with Crippen LogP contribution in [0.5, 0.6) is 0 Å². The van der Waals surface area contributed by atoms with Gasteiger partial charge in [-0.15, -0.1) is 11.3 Å². The first-order valence-corrected chi connectivity index (χ1v) is 8.30. The number of hydrogen-bond acceptors (Lipinski definition) is 2. The largest absolute Gasteiger partial charge is 0.347 e. The summed E-state index contributed by atoms with van der Waals surface area (Å²) in [6, 6.07) is 14.5. The van der Waals surface area contributed by atoms with Crippen LogP contribution in [-0.2, 0) is 6.54 Å². The van der Waals surface area contributed by atoms with Gasteiger partial charge in [0.1, 0.15) is 0 Å². The van der Waals surface area contributed by atoms with Crippen molar-refractivity contribution in [2.75, 3.05) is 0 Å². The molecule has 0 saturated carbocycles. The molecule has 1 heterocycles. The summed E-state index contributed by atoms with van der Waals surface area (Å²) >= 11 is 7.31. The van der Waals surface area contributed by atoms with Crippen LogP contribution in [0.25, 0.3) is 10.4 Å². The maximum atomic E-state index is 13.2. The summed E-state index contributed by atoms with van der Waals surface area (Å²) in [6.45, 7) is 0.125. The second-order valence-electron chi connectivity index (χ2n) is 5.11. The summed E-state index contributed by atoms with van der Waals surface area (Å²) in [6.07, 6.45) is 0. The monoisotopic (exact) mass is 363 g/mol. The fourth-order valence-electron chi connectivity index (χ4n) is 2.18. The number of amides is 1. The number of thiophene rings is 1. The van der Waals surface area contributed by atoms with Crippen LogP contribution < -0.4 is 5.32 Å². The molecule has 3 aromatic rings. The van der Waals surface area contributed by atoms with Gasteiger partial charge in [0.25, 0.3) is 5.91 Å². The zero-order valence-electron chi connectivity index (χ0n) is 12.4. The predicted molar refractivity (Wildman–Crippen MR) is 92.3 cm³/mol. The lowest BCUT2D eigenvalue weighted by Crippen LogP contribution is -2.21. The number of halogens is 3. The Kier molecular flexibility index (Phi) is 4.92. The quantitative estimate of drug-likeness (QED) is 0.671. The topological polar surface area (TPSA) is 29.1 Å². The zero-order valence-corrected chi connectivity index (χ0v) is 13.9. The highest BCUT2D eigenvalue weighted by molar-refractivity contribution is 7.17. The van der Waals surface area contributed by atoms with Gasteiger partial charge in [0.05, 0.1) is 4.88 Å². The molecule has 2 aromatic carbocycles. The Morgan fingerprint density at radius 3 is 2.62 bits per heavy atom. The Balaban J connectivity index is 1.68. The number of hydrogen-bond donors (Lipinski definition) is 1. The molecule has 0 aliphatic rings. The molecule has 0 radical (unpaired) electrons. The third kappa shape index (κ3) is 3.80. The van der Waals surface area contributed by atoms with Gasteiger partial charge >= 0.3 is 0 Å². The van der Waals surface area contributed by atoms with E-state index in [1.165, 1.54) is 17.4 Å². The summed E-state index contributed by atoms with van der Waals surface area (Å²) in [5.41, 5.74) is 1.43. The van der Waals surface area contributed by atoms with Crippen LogP contribution in [0.3, 0.4) is 0 Å². The average Bonchev–Trinajstić information content (AvgIpc) is 3.06. The van der Waals surface area contributed by atoms with Crippen molar-refractivity contribution >= 4 is 28.8 Å². The average molecular weight is 364 g/mol. The zero-order chi connectivity index (χ0) is 17.1. The Morgan fingerprint density at radius 1 is 1.04 bits per heavy atom. The van der Waals surface area contributed by atoms with Crippen LogP contribution in [0.2, 0.25) is 5.02 Å². The molecule has 0 fully saturated rings. The molecule has 24 heavy (non-hydrogen) atoms. The molecule has 2 nitrogen and oxygen atoms in total. The Bertz CT molecular complexity index is 894. The molecular weight excluding hydrogens is 352 g/mol. The SMILES string of the molecule is O=C(NCc1ccc(F)c(F)c1)c1ccc(-c2cccc(Cl)c2)s1. The van der Waals surface area contributed by atoms with Gasteiger partial charge in [0.2, 0.25) is 0 Å². The van der Waals surface area contributed by atoms with Crippen LogP contribution in [-0.4, -0.2) is 5.91 Å². The number of benzene rings is 2.